The summed E-state index contributed by atoms with van der Waals surface area (Å²) in [5.41, 5.74) is 1.23. The van der Waals surface area contributed by atoms with Crippen molar-refractivity contribution in [3.8, 4) is 5.75 Å². The highest BCUT2D eigenvalue weighted by molar-refractivity contribution is 7.89. The average Bonchev–Trinajstić information content (AvgIpc) is 2.62. The van der Waals surface area contributed by atoms with E-state index in [0.29, 0.717) is 0 Å². The van der Waals surface area contributed by atoms with E-state index in [0.717, 1.165) is 5.56 Å². The molecule has 2 aromatic carbocycles. The number of hydrogen-bond donors (Lipinski definition) is 1. The van der Waals surface area contributed by atoms with Crippen LogP contribution in [0.2, 0.25) is 0 Å². The average molecular weight is 360 g/mol. The summed E-state index contributed by atoms with van der Waals surface area (Å²) in [5.74, 6) is -0.354. The van der Waals surface area contributed by atoms with Gasteiger partial charge in [0.2, 0.25) is 10.0 Å². The molecule has 0 radical (unpaired) electrons. The van der Waals surface area contributed by atoms with Gasteiger partial charge in [-0.3, -0.25) is 4.79 Å². The van der Waals surface area contributed by atoms with Gasteiger partial charge in [-0.25, -0.2) is 8.42 Å². The van der Waals surface area contributed by atoms with Crippen molar-refractivity contribution in [1.82, 2.24) is 9.21 Å². The van der Waals surface area contributed by atoms with Crippen LogP contribution in [0.5, 0.6) is 5.75 Å². The Morgan fingerprint density at radius 3 is 2.16 bits per heavy atom. The van der Waals surface area contributed by atoms with Crippen molar-refractivity contribution in [3.63, 3.8) is 0 Å². The van der Waals surface area contributed by atoms with Crippen molar-refractivity contribution in [3.05, 3.63) is 59.7 Å². The smallest absolute Gasteiger partial charge is 0.257 e. The first-order chi connectivity index (χ1) is 11.9. The zero-order valence-electron chi connectivity index (χ0n) is 13.9. The number of carbonyl (C=O) groups is 1. The SMILES string of the molecule is Cc1ccc(S(=O)(=O)N2CCN(C(=O)c3ccccc3O)CC2)cc1. The minimum Gasteiger partial charge on any atom is -0.507 e. The van der Waals surface area contributed by atoms with E-state index in [4.69, 9.17) is 0 Å². The molecule has 1 aliphatic rings. The third-order valence-electron chi connectivity index (χ3n) is 4.32. The maximum atomic E-state index is 12.7. The molecule has 3 rings (SSSR count). The van der Waals surface area contributed by atoms with E-state index in [1.165, 1.54) is 10.4 Å². The third-order valence-corrected chi connectivity index (χ3v) is 6.23. The molecule has 0 saturated carbocycles. The molecule has 1 N–H and O–H groups in total. The standard InChI is InChI=1S/C18H20N2O4S/c1-14-6-8-15(9-7-14)25(23,24)20-12-10-19(11-13-20)18(22)16-4-2-3-5-17(16)21/h2-9,21H,10-13H2,1H3. The van der Waals surface area contributed by atoms with Crippen molar-refractivity contribution in [1.29, 1.82) is 0 Å². The summed E-state index contributed by atoms with van der Waals surface area (Å²) in [7, 11) is -3.55. The molecule has 0 aromatic heterocycles. The number of phenols is 1. The van der Waals surface area contributed by atoms with E-state index in [1.54, 1.807) is 47.4 Å². The number of para-hydroxylation sites is 1. The number of hydrogen-bond acceptors (Lipinski definition) is 4. The predicted molar refractivity (Wildman–Crippen MR) is 93.9 cm³/mol. The molecular formula is C18H20N2O4S. The Morgan fingerprint density at radius 1 is 0.960 bits per heavy atom. The number of benzene rings is 2. The largest absolute Gasteiger partial charge is 0.507 e. The van der Waals surface area contributed by atoms with Crippen LogP contribution < -0.4 is 0 Å². The van der Waals surface area contributed by atoms with Gasteiger partial charge in [0.25, 0.3) is 5.91 Å². The van der Waals surface area contributed by atoms with Gasteiger partial charge in [0.15, 0.2) is 0 Å². The summed E-state index contributed by atoms with van der Waals surface area (Å²) in [6.07, 6.45) is 0. The van der Waals surface area contributed by atoms with Gasteiger partial charge in [-0.15, -0.1) is 0 Å². The lowest BCUT2D eigenvalue weighted by Crippen LogP contribution is -2.50. The minimum absolute atomic E-state index is 0.0674. The van der Waals surface area contributed by atoms with Crippen LogP contribution in [-0.4, -0.2) is 54.8 Å². The summed E-state index contributed by atoms with van der Waals surface area (Å²) in [4.78, 5) is 14.3. The van der Waals surface area contributed by atoms with Gasteiger partial charge in [-0.05, 0) is 31.2 Å². The Hall–Kier alpha value is -2.38. The summed E-state index contributed by atoms with van der Waals surface area (Å²) in [6, 6.07) is 13.1. The van der Waals surface area contributed by atoms with Gasteiger partial charge in [0.05, 0.1) is 10.5 Å². The topological polar surface area (TPSA) is 77.9 Å². The van der Waals surface area contributed by atoms with Crippen LogP contribution in [0.4, 0.5) is 0 Å². The Kier molecular flexibility index (Phi) is 4.78. The Balaban J connectivity index is 1.70. The number of aromatic hydroxyl groups is 1. The van der Waals surface area contributed by atoms with E-state index in [1.807, 2.05) is 6.92 Å². The molecule has 1 saturated heterocycles. The third kappa shape index (κ3) is 3.52. The van der Waals surface area contributed by atoms with E-state index in [2.05, 4.69) is 0 Å². The quantitative estimate of drug-likeness (QED) is 0.906. The number of rotatable bonds is 3. The van der Waals surface area contributed by atoms with Gasteiger partial charge in [-0.2, -0.15) is 4.31 Å². The molecule has 7 heteroatoms. The van der Waals surface area contributed by atoms with Crippen LogP contribution >= 0.6 is 0 Å². The second kappa shape index (κ2) is 6.85. The number of aryl methyl sites for hydroxylation is 1. The van der Waals surface area contributed by atoms with Crippen molar-refractivity contribution in [2.24, 2.45) is 0 Å². The number of sulfonamides is 1. The maximum Gasteiger partial charge on any atom is 0.257 e. The molecular weight excluding hydrogens is 340 g/mol. The van der Waals surface area contributed by atoms with Gasteiger partial charge >= 0.3 is 0 Å². The number of piperazine rings is 1. The molecule has 1 aliphatic heterocycles. The lowest BCUT2D eigenvalue weighted by atomic mass is 10.1. The first kappa shape index (κ1) is 17.4. The van der Waals surface area contributed by atoms with Crippen LogP contribution in [0.3, 0.4) is 0 Å². The highest BCUT2D eigenvalue weighted by Crippen LogP contribution is 2.21. The first-order valence-electron chi connectivity index (χ1n) is 8.03. The lowest BCUT2D eigenvalue weighted by molar-refractivity contribution is 0.0695. The van der Waals surface area contributed by atoms with Crippen molar-refractivity contribution in [2.45, 2.75) is 11.8 Å². The molecule has 1 amide bonds. The molecule has 132 valence electrons. The fraction of sp³-hybridized carbons (Fsp3) is 0.278. The summed E-state index contributed by atoms with van der Waals surface area (Å²) in [6.45, 7) is 2.95. The number of phenolic OH excluding ortho intramolecular Hbond substituents is 1. The molecule has 0 atom stereocenters. The van der Waals surface area contributed by atoms with Gasteiger partial charge in [0, 0.05) is 26.2 Å². The van der Waals surface area contributed by atoms with Crippen molar-refractivity contribution in [2.75, 3.05) is 26.2 Å². The lowest BCUT2D eigenvalue weighted by Gasteiger charge is -2.34. The summed E-state index contributed by atoms with van der Waals surface area (Å²) < 4.78 is 26.8. The molecule has 0 aliphatic carbocycles. The molecule has 1 heterocycles. The molecule has 25 heavy (non-hydrogen) atoms. The fourth-order valence-electron chi connectivity index (χ4n) is 2.82. The summed E-state index contributed by atoms with van der Waals surface area (Å²) in [5, 5.41) is 9.81. The van der Waals surface area contributed by atoms with Crippen molar-refractivity contribution >= 4 is 15.9 Å². The van der Waals surface area contributed by atoms with E-state index in [-0.39, 0.29) is 48.3 Å². The molecule has 0 unspecified atom stereocenters. The normalized spacial score (nSPS) is 16.0. The highest BCUT2D eigenvalue weighted by atomic mass is 32.2. The Morgan fingerprint density at radius 2 is 1.56 bits per heavy atom. The van der Waals surface area contributed by atoms with Gasteiger partial charge in [-0.1, -0.05) is 29.8 Å². The van der Waals surface area contributed by atoms with Gasteiger partial charge in [0.1, 0.15) is 5.75 Å². The molecule has 0 spiro atoms. The molecule has 1 fully saturated rings. The zero-order valence-corrected chi connectivity index (χ0v) is 14.7. The van der Waals surface area contributed by atoms with Crippen molar-refractivity contribution < 1.29 is 18.3 Å². The van der Waals surface area contributed by atoms with Crippen LogP contribution in [0, 0.1) is 6.92 Å². The van der Waals surface area contributed by atoms with Crippen LogP contribution in [0.1, 0.15) is 15.9 Å². The predicted octanol–water partition coefficient (Wildman–Crippen LogP) is 1.85. The number of amides is 1. The Labute approximate surface area is 147 Å². The highest BCUT2D eigenvalue weighted by Gasteiger charge is 2.30. The van der Waals surface area contributed by atoms with E-state index >= 15 is 0 Å². The van der Waals surface area contributed by atoms with Crippen LogP contribution in [0.25, 0.3) is 0 Å². The van der Waals surface area contributed by atoms with Crippen LogP contribution in [-0.2, 0) is 10.0 Å². The second-order valence-corrected chi connectivity index (χ2v) is 7.96. The fourth-order valence-corrected chi connectivity index (χ4v) is 4.24. The monoisotopic (exact) mass is 360 g/mol. The molecule has 6 nitrogen and oxygen atoms in total. The maximum absolute atomic E-state index is 12.7. The molecule has 0 bridgehead atoms. The molecule has 2 aromatic rings. The summed E-state index contributed by atoms with van der Waals surface area (Å²) >= 11 is 0. The number of carbonyl (C=O) groups excluding carboxylic acids is 1. The first-order valence-corrected chi connectivity index (χ1v) is 9.48. The van der Waals surface area contributed by atoms with E-state index < -0.39 is 10.0 Å². The van der Waals surface area contributed by atoms with Crippen LogP contribution in [0.15, 0.2) is 53.4 Å². The Bertz CT molecular complexity index is 870. The van der Waals surface area contributed by atoms with E-state index in [9.17, 15) is 18.3 Å². The minimum atomic E-state index is -3.55. The zero-order chi connectivity index (χ0) is 18.0. The number of nitrogens with zero attached hydrogens (tertiary/aromatic N) is 2. The second-order valence-electron chi connectivity index (χ2n) is 6.03. The van der Waals surface area contributed by atoms with Gasteiger partial charge < -0.3 is 10.0 Å².